The van der Waals surface area contributed by atoms with Crippen molar-refractivity contribution in [3.63, 3.8) is 0 Å². The molecule has 2 atom stereocenters. The molecule has 1 aliphatic heterocycles. The summed E-state index contributed by atoms with van der Waals surface area (Å²) in [5, 5.41) is 18.3. The normalized spacial score (nSPS) is 18.2. The van der Waals surface area contributed by atoms with Gasteiger partial charge in [0.15, 0.2) is 0 Å². The van der Waals surface area contributed by atoms with E-state index >= 15 is 0 Å². The topological polar surface area (TPSA) is 106 Å². The maximum Gasteiger partial charge on any atom is 0.227 e. The van der Waals surface area contributed by atoms with Gasteiger partial charge in [-0.15, -0.1) is 0 Å². The van der Waals surface area contributed by atoms with Crippen LogP contribution in [-0.4, -0.2) is 73.5 Å². The highest BCUT2D eigenvalue weighted by Crippen LogP contribution is 2.34. The molecule has 10 nitrogen and oxygen atoms in total. The molecule has 1 saturated heterocycles. The van der Waals surface area contributed by atoms with E-state index in [1.165, 1.54) is 0 Å². The van der Waals surface area contributed by atoms with Gasteiger partial charge in [0.1, 0.15) is 17.8 Å². The maximum absolute atomic E-state index is 14.4. The fourth-order valence-electron chi connectivity index (χ4n) is 4.86. The Morgan fingerprint density at radius 2 is 2.08 bits per heavy atom. The molecule has 1 aliphatic rings. The molecule has 2 N–H and O–H groups in total. The third kappa shape index (κ3) is 5.01. The van der Waals surface area contributed by atoms with Gasteiger partial charge in [-0.2, -0.15) is 10.1 Å². The van der Waals surface area contributed by atoms with Gasteiger partial charge in [0.25, 0.3) is 0 Å². The number of nitrogens with one attached hydrogen (secondary N) is 1. The molecule has 1 fully saturated rings. The third-order valence-electron chi connectivity index (χ3n) is 6.77. The minimum atomic E-state index is -1.08. The highest BCUT2D eigenvalue weighted by molar-refractivity contribution is 5.96. The number of rotatable bonds is 8. The lowest BCUT2D eigenvalue weighted by Gasteiger charge is -2.33. The fourth-order valence-corrected chi connectivity index (χ4v) is 4.86. The van der Waals surface area contributed by atoms with E-state index in [9.17, 15) is 9.50 Å². The molecule has 37 heavy (non-hydrogen) atoms. The minimum Gasteiger partial charge on any atom is -0.394 e. The van der Waals surface area contributed by atoms with Crippen molar-refractivity contribution in [1.82, 2.24) is 29.3 Å². The second kappa shape index (κ2) is 10.4. The number of piperidine rings is 1. The van der Waals surface area contributed by atoms with Crippen LogP contribution in [0.2, 0.25) is 0 Å². The highest BCUT2D eigenvalue weighted by Gasteiger charge is 2.30. The van der Waals surface area contributed by atoms with Crippen LogP contribution in [0.3, 0.4) is 0 Å². The van der Waals surface area contributed by atoms with Gasteiger partial charge in [-0.25, -0.2) is 14.4 Å². The van der Waals surface area contributed by atoms with Crippen LogP contribution in [0.5, 0.6) is 0 Å². The van der Waals surface area contributed by atoms with Gasteiger partial charge in [0.2, 0.25) is 5.95 Å². The van der Waals surface area contributed by atoms with Crippen LogP contribution < -0.4 is 10.2 Å². The second-order valence-corrected chi connectivity index (χ2v) is 9.67. The van der Waals surface area contributed by atoms with Crippen molar-refractivity contribution in [3.8, 4) is 11.3 Å². The number of anilines is 3. The number of aliphatic hydroxyl groups is 1. The Labute approximate surface area is 215 Å². The largest absolute Gasteiger partial charge is 0.394 e. The van der Waals surface area contributed by atoms with Gasteiger partial charge >= 0.3 is 0 Å². The number of methoxy groups -OCH3 is 1. The van der Waals surface area contributed by atoms with Gasteiger partial charge in [-0.1, -0.05) is 0 Å². The van der Waals surface area contributed by atoms with Crippen molar-refractivity contribution in [3.05, 3.63) is 42.5 Å². The number of aryl methyl sites for hydroxylation is 1. The van der Waals surface area contributed by atoms with Crippen LogP contribution >= 0.6 is 0 Å². The molecule has 0 aromatic carbocycles. The summed E-state index contributed by atoms with van der Waals surface area (Å²) in [6.45, 7) is 7.61. The lowest BCUT2D eigenvalue weighted by molar-refractivity contribution is 0.0194. The van der Waals surface area contributed by atoms with E-state index in [0.29, 0.717) is 37.1 Å². The summed E-state index contributed by atoms with van der Waals surface area (Å²) in [4.78, 5) is 15.5. The Balaban J connectivity index is 1.43. The zero-order valence-corrected chi connectivity index (χ0v) is 21.6. The lowest BCUT2D eigenvalue weighted by Crippen LogP contribution is -2.46. The monoisotopic (exact) mass is 508 g/mol. The zero-order valence-electron chi connectivity index (χ0n) is 21.6. The van der Waals surface area contributed by atoms with E-state index < -0.39 is 6.17 Å². The first-order valence-corrected chi connectivity index (χ1v) is 12.6. The first kappa shape index (κ1) is 25.1. The van der Waals surface area contributed by atoms with Crippen LogP contribution in [0.15, 0.2) is 36.9 Å². The van der Waals surface area contributed by atoms with Gasteiger partial charge in [0.05, 0.1) is 37.0 Å². The van der Waals surface area contributed by atoms with Crippen LogP contribution in [-0.2, 0) is 11.3 Å². The summed E-state index contributed by atoms with van der Waals surface area (Å²) in [5.74, 6) is 1.71. The number of aromatic nitrogens is 6. The molecule has 196 valence electrons. The highest BCUT2D eigenvalue weighted by atomic mass is 19.1. The molecule has 0 saturated carbocycles. The molecular formula is C26H33FN8O2. The van der Waals surface area contributed by atoms with Crippen molar-refractivity contribution in [2.24, 2.45) is 0 Å². The Morgan fingerprint density at radius 3 is 2.81 bits per heavy atom. The molecule has 0 amide bonds. The summed E-state index contributed by atoms with van der Waals surface area (Å²) in [7, 11) is 1.54. The van der Waals surface area contributed by atoms with E-state index in [1.54, 1.807) is 24.1 Å². The quantitative estimate of drug-likeness (QED) is 0.369. The average Bonchev–Trinajstić information content (AvgIpc) is 3.44. The predicted molar refractivity (Wildman–Crippen MR) is 141 cm³/mol. The summed E-state index contributed by atoms with van der Waals surface area (Å²) in [5.41, 5.74) is 3.94. The van der Waals surface area contributed by atoms with Gasteiger partial charge in [-0.3, -0.25) is 4.68 Å². The molecule has 2 unspecified atom stereocenters. The minimum absolute atomic E-state index is 0.0372. The molecule has 11 heteroatoms. The summed E-state index contributed by atoms with van der Waals surface area (Å²) in [6, 6.07) is 4.00. The van der Waals surface area contributed by atoms with Gasteiger partial charge in [-0.05, 0) is 38.8 Å². The summed E-state index contributed by atoms with van der Waals surface area (Å²) >= 11 is 0. The zero-order chi connectivity index (χ0) is 26.1. The van der Waals surface area contributed by atoms with Crippen molar-refractivity contribution in [1.29, 1.82) is 0 Å². The number of halogens is 1. The number of ether oxygens (including phenoxy) is 1. The first-order chi connectivity index (χ1) is 17.9. The average molecular weight is 509 g/mol. The van der Waals surface area contributed by atoms with Crippen LogP contribution in [0, 0.1) is 6.92 Å². The van der Waals surface area contributed by atoms with E-state index in [1.807, 2.05) is 30.3 Å². The van der Waals surface area contributed by atoms with Crippen molar-refractivity contribution in [2.75, 3.05) is 37.0 Å². The Kier molecular flexibility index (Phi) is 7.07. The van der Waals surface area contributed by atoms with Crippen molar-refractivity contribution >= 4 is 28.5 Å². The van der Waals surface area contributed by atoms with E-state index in [0.717, 1.165) is 27.7 Å². The predicted octanol–water partition coefficient (Wildman–Crippen LogP) is 3.88. The molecule has 4 aromatic rings. The Morgan fingerprint density at radius 1 is 1.24 bits per heavy atom. The van der Waals surface area contributed by atoms with Crippen LogP contribution in [0.1, 0.15) is 31.9 Å². The van der Waals surface area contributed by atoms with Gasteiger partial charge < -0.3 is 24.6 Å². The second-order valence-electron chi connectivity index (χ2n) is 9.67. The molecule has 0 bridgehead atoms. The molecule has 0 radical (unpaired) electrons. The Hall–Kier alpha value is -3.57. The van der Waals surface area contributed by atoms with Crippen molar-refractivity contribution in [2.45, 2.75) is 52.1 Å². The van der Waals surface area contributed by atoms with E-state index in [2.05, 4.69) is 44.9 Å². The molecule has 0 spiro atoms. The van der Waals surface area contributed by atoms with E-state index in [-0.39, 0.29) is 25.3 Å². The number of nitrogens with zero attached hydrogens (tertiary/aromatic N) is 7. The standard InChI is InChI=1S/C26H33FN8O2/c1-16(2)35-14-19(25-17(3)13-34(32-25)9-10-36)18-12-29-24(11-21(18)35)30-23-5-7-28-26(31-23)33-8-6-22(37-4)20(27)15-33/h5,7,11-14,16,20,22,36H,6,8-10,15H2,1-4H3,(H,28,29,30,31). The van der Waals surface area contributed by atoms with Crippen molar-refractivity contribution < 1.29 is 14.2 Å². The Bertz CT molecular complexity index is 1380. The lowest BCUT2D eigenvalue weighted by atomic mass is 10.1. The third-order valence-corrected chi connectivity index (χ3v) is 6.77. The number of alkyl halides is 1. The number of hydrogen-bond acceptors (Lipinski definition) is 8. The molecular weight excluding hydrogens is 475 g/mol. The molecule has 5 heterocycles. The van der Waals surface area contributed by atoms with E-state index in [4.69, 9.17) is 9.84 Å². The fraction of sp³-hybridized carbons (Fsp3) is 0.462. The summed E-state index contributed by atoms with van der Waals surface area (Å²) in [6.07, 6.45) is 6.69. The number of hydrogen-bond donors (Lipinski definition) is 2. The van der Waals surface area contributed by atoms with Crippen LogP contribution in [0.25, 0.3) is 22.2 Å². The number of fused-ring (bicyclic) bond motifs is 1. The first-order valence-electron chi connectivity index (χ1n) is 12.6. The summed E-state index contributed by atoms with van der Waals surface area (Å²) < 4.78 is 23.6. The smallest absolute Gasteiger partial charge is 0.227 e. The van der Waals surface area contributed by atoms with Gasteiger partial charge in [0, 0.05) is 61.5 Å². The maximum atomic E-state index is 14.4. The SMILES string of the molecule is COC1CCN(c2nccc(Nc3cc4c(cn3)c(-c3nn(CCO)cc3C)cn4C(C)C)n2)CC1F. The number of aliphatic hydroxyl groups excluding tert-OH is 1. The van der Waals surface area contributed by atoms with Crippen LogP contribution in [0.4, 0.5) is 22.0 Å². The number of pyridine rings is 1. The molecule has 0 aliphatic carbocycles. The molecule has 5 rings (SSSR count). The molecule has 4 aromatic heterocycles.